The van der Waals surface area contributed by atoms with Crippen LogP contribution in [-0.4, -0.2) is 79.8 Å². The largest absolute Gasteiger partial charge is 0.493 e. The number of benzene rings is 3. The number of hydrogen-bond donors (Lipinski definition) is 1. The molecule has 264 valence electrons. The van der Waals surface area contributed by atoms with Crippen LogP contribution in [0.15, 0.2) is 71.8 Å². The van der Waals surface area contributed by atoms with Crippen LogP contribution in [0.5, 0.6) is 5.75 Å². The second kappa shape index (κ2) is 12.9. The van der Waals surface area contributed by atoms with Crippen LogP contribution >= 0.6 is 11.6 Å². The van der Waals surface area contributed by atoms with E-state index >= 15 is 0 Å². The summed E-state index contributed by atoms with van der Waals surface area (Å²) < 4.78 is 110. The molecule has 3 aromatic carbocycles. The number of rotatable bonds is 7. The van der Waals surface area contributed by atoms with Gasteiger partial charge in [0.25, 0.3) is 0 Å². The average molecular weight is 743 g/mol. The minimum Gasteiger partial charge on any atom is -0.418 e. The first-order chi connectivity index (χ1) is 23.4. The molecule has 1 aliphatic heterocycles. The molecule has 5 aromatic rings. The molecule has 1 N–H and O–H groups in total. The van der Waals surface area contributed by atoms with Crippen molar-refractivity contribution in [2.24, 2.45) is 0 Å². The molecule has 0 spiro atoms. The monoisotopic (exact) mass is 742 g/mol. The molecule has 18 heteroatoms. The standard InChI is InChI=1S/C32H25ClF6N4O6S/c1-50(46,47)19-7-5-18(6-8-19)26-25(17-41-13-15-42(16-14-41)23-4-2-3-22-20(23)11-12-40-22)43(49-30(45)32(37,38)39)24-10-9-21(33)28(27(24)26)48-29(44)31(34,35)36/h2-12,40H,13-17H2,1H3. The number of aromatic amines is 1. The third-order valence-corrected chi connectivity index (χ3v) is 9.58. The third-order valence-electron chi connectivity index (χ3n) is 8.15. The zero-order valence-electron chi connectivity index (χ0n) is 25.7. The number of H-pyrrole nitrogens is 1. The minimum absolute atomic E-state index is 0.0866. The van der Waals surface area contributed by atoms with Gasteiger partial charge in [-0.05, 0) is 48.0 Å². The highest BCUT2D eigenvalue weighted by Crippen LogP contribution is 2.45. The van der Waals surface area contributed by atoms with Crippen molar-refractivity contribution in [1.82, 2.24) is 14.6 Å². The molecule has 50 heavy (non-hydrogen) atoms. The number of piperazine rings is 1. The van der Waals surface area contributed by atoms with E-state index in [1.165, 1.54) is 24.3 Å². The van der Waals surface area contributed by atoms with Crippen molar-refractivity contribution in [1.29, 1.82) is 0 Å². The molecule has 1 fully saturated rings. The van der Waals surface area contributed by atoms with E-state index in [-0.39, 0.29) is 39.2 Å². The number of sulfone groups is 1. The maximum Gasteiger partial charge on any atom is 0.493 e. The van der Waals surface area contributed by atoms with Crippen molar-refractivity contribution < 1.29 is 53.9 Å². The lowest BCUT2D eigenvalue weighted by Crippen LogP contribution is -2.46. The third kappa shape index (κ3) is 6.84. The summed E-state index contributed by atoms with van der Waals surface area (Å²) in [4.78, 5) is 36.1. The molecule has 0 bridgehead atoms. The van der Waals surface area contributed by atoms with Gasteiger partial charge in [0.05, 0.1) is 26.5 Å². The number of halogens is 7. The van der Waals surface area contributed by atoms with Crippen LogP contribution < -0.4 is 14.5 Å². The molecule has 0 aliphatic carbocycles. The molecule has 0 saturated carbocycles. The van der Waals surface area contributed by atoms with Gasteiger partial charge in [-0.1, -0.05) is 29.8 Å². The highest BCUT2D eigenvalue weighted by Gasteiger charge is 2.44. The van der Waals surface area contributed by atoms with Crippen molar-refractivity contribution in [3.63, 3.8) is 0 Å². The van der Waals surface area contributed by atoms with Crippen LogP contribution in [0.4, 0.5) is 32.0 Å². The van der Waals surface area contributed by atoms with Gasteiger partial charge in [-0.2, -0.15) is 31.1 Å². The molecule has 0 unspecified atom stereocenters. The summed E-state index contributed by atoms with van der Waals surface area (Å²) in [5.41, 5.74) is 1.33. The van der Waals surface area contributed by atoms with Crippen LogP contribution in [0.1, 0.15) is 5.69 Å². The summed E-state index contributed by atoms with van der Waals surface area (Å²) in [6.07, 6.45) is -8.21. The molecule has 2 aromatic heterocycles. The van der Waals surface area contributed by atoms with Crippen molar-refractivity contribution in [2.45, 2.75) is 23.8 Å². The van der Waals surface area contributed by atoms with Gasteiger partial charge in [-0.3, -0.25) is 4.90 Å². The van der Waals surface area contributed by atoms with E-state index in [2.05, 4.69) is 9.88 Å². The average Bonchev–Trinajstić information content (AvgIpc) is 3.64. The van der Waals surface area contributed by atoms with Gasteiger partial charge >= 0.3 is 24.3 Å². The number of alkyl halides is 6. The Morgan fingerprint density at radius 1 is 0.880 bits per heavy atom. The van der Waals surface area contributed by atoms with Crippen LogP contribution in [0.25, 0.3) is 32.9 Å². The summed E-state index contributed by atoms with van der Waals surface area (Å²) in [6.45, 7) is 1.41. The Hall–Kier alpha value is -4.74. The van der Waals surface area contributed by atoms with Gasteiger partial charge in [-0.25, -0.2) is 18.0 Å². The molecule has 0 atom stereocenters. The summed E-state index contributed by atoms with van der Waals surface area (Å²) in [7, 11) is -3.72. The van der Waals surface area contributed by atoms with Gasteiger partial charge in [-0.15, -0.1) is 0 Å². The fourth-order valence-corrected chi connectivity index (χ4v) is 6.69. The van der Waals surface area contributed by atoms with Crippen molar-refractivity contribution >= 4 is 60.9 Å². The lowest BCUT2D eigenvalue weighted by Gasteiger charge is -2.36. The summed E-state index contributed by atoms with van der Waals surface area (Å²) in [5, 5.41) is 0.0882. The minimum atomic E-state index is -5.48. The van der Waals surface area contributed by atoms with E-state index < -0.39 is 44.9 Å². The number of esters is 1. The fourth-order valence-electron chi connectivity index (χ4n) is 5.86. The van der Waals surface area contributed by atoms with Gasteiger partial charge in [0.1, 0.15) is 0 Å². The molecule has 10 nitrogen and oxygen atoms in total. The van der Waals surface area contributed by atoms with E-state index in [1.807, 2.05) is 35.4 Å². The quantitative estimate of drug-likeness (QED) is 0.120. The number of anilines is 1. The summed E-state index contributed by atoms with van der Waals surface area (Å²) in [6, 6.07) is 14.7. The topological polar surface area (TPSA) is 114 Å². The molecule has 6 rings (SSSR count). The van der Waals surface area contributed by atoms with Gasteiger partial charge < -0.3 is 19.5 Å². The lowest BCUT2D eigenvalue weighted by molar-refractivity contribution is -0.199. The highest BCUT2D eigenvalue weighted by molar-refractivity contribution is 7.90. The van der Waals surface area contributed by atoms with Gasteiger partial charge in [0, 0.05) is 67.3 Å². The van der Waals surface area contributed by atoms with Crippen LogP contribution in [0, 0.1) is 0 Å². The lowest BCUT2D eigenvalue weighted by atomic mass is 10.0. The predicted molar refractivity (Wildman–Crippen MR) is 171 cm³/mol. The van der Waals surface area contributed by atoms with Crippen LogP contribution in [-0.2, 0) is 26.0 Å². The molecule has 3 heterocycles. The first kappa shape index (κ1) is 35.1. The Bertz CT molecular complexity index is 2220. The number of fused-ring (bicyclic) bond motifs is 2. The maximum atomic E-state index is 13.6. The van der Waals surface area contributed by atoms with E-state index in [9.17, 15) is 44.3 Å². The number of ether oxygens (including phenoxy) is 1. The Balaban J connectivity index is 1.50. The Kier molecular flexibility index (Phi) is 9.03. The molecule has 1 aliphatic rings. The summed E-state index contributed by atoms with van der Waals surface area (Å²) in [5.74, 6) is -6.16. The molecule has 0 amide bonds. The Morgan fingerprint density at radius 2 is 1.54 bits per heavy atom. The predicted octanol–water partition coefficient (Wildman–Crippen LogP) is 6.15. The summed E-state index contributed by atoms with van der Waals surface area (Å²) >= 11 is 6.24. The van der Waals surface area contributed by atoms with E-state index in [1.54, 1.807) is 0 Å². The number of hydrogen-bond acceptors (Lipinski definition) is 8. The second-order valence-corrected chi connectivity index (χ2v) is 13.8. The smallest absolute Gasteiger partial charge is 0.418 e. The number of aromatic nitrogens is 2. The first-order valence-electron chi connectivity index (χ1n) is 14.7. The normalized spacial score (nSPS) is 14.8. The van der Waals surface area contributed by atoms with E-state index in [4.69, 9.17) is 21.2 Å². The zero-order valence-corrected chi connectivity index (χ0v) is 27.3. The van der Waals surface area contributed by atoms with Crippen LogP contribution in [0.2, 0.25) is 5.02 Å². The van der Waals surface area contributed by atoms with Crippen molar-refractivity contribution in [3.8, 4) is 16.9 Å². The van der Waals surface area contributed by atoms with Gasteiger partial charge in [0.2, 0.25) is 0 Å². The SMILES string of the molecule is CS(=O)(=O)c1ccc(-c2c(CN3CCN(c4cccc5[nH]ccc45)CC3)n(OC(=O)C(F)(F)F)c3ccc(Cl)c(OC(=O)C(F)(F)F)c23)cc1. The zero-order chi connectivity index (χ0) is 36.2. The Morgan fingerprint density at radius 3 is 2.16 bits per heavy atom. The maximum absolute atomic E-state index is 13.6. The Labute approximate surface area is 284 Å². The fraction of sp³-hybridized carbons (Fsp3) is 0.250. The molecule has 1 saturated heterocycles. The highest BCUT2D eigenvalue weighted by atomic mass is 35.5. The molecular weight excluding hydrogens is 718 g/mol. The number of carbonyl (C=O) groups excluding carboxylic acids is 2. The molecular formula is C32H25ClF6N4O6S. The van der Waals surface area contributed by atoms with Crippen molar-refractivity contribution in [3.05, 3.63) is 77.6 Å². The second-order valence-electron chi connectivity index (χ2n) is 11.4. The van der Waals surface area contributed by atoms with Crippen molar-refractivity contribution in [2.75, 3.05) is 37.3 Å². The number of nitrogens with one attached hydrogen (secondary N) is 1. The molecule has 0 radical (unpaired) electrons. The first-order valence-corrected chi connectivity index (χ1v) is 17.0. The van der Waals surface area contributed by atoms with E-state index in [0.29, 0.717) is 30.9 Å². The van der Waals surface area contributed by atoms with Crippen LogP contribution in [0.3, 0.4) is 0 Å². The number of nitrogens with zero attached hydrogens (tertiary/aromatic N) is 3. The number of carbonyl (C=O) groups is 2. The van der Waals surface area contributed by atoms with E-state index in [0.717, 1.165) is 35.0 Å². The van der Waals surface area contributed by atoms with Gasteiger partial charge in [0.15, 0.2) is 15.6 Å².